The maximum Gasteiger partial charge on any atom is 0.410 e. The van der Waals surface area contributed by atoms with Crippen LogP contribution < -0.4 is 14.4 Å². The van der Waals surface area contributed by atoms with E-state index in [0.717, 1.165) is 50.6 Å². The molecule has 0 N–H and O–H groups in total. The number of fused-ring (bicyclic) bond motifs is 4. The Morgan fingerprint density at radius 3 is 2.51 bits per heavy atom. The number of carbonyl (C=O) groups excluding carboxylic acids is 1. The maximum atomic E-state index is 17.2. The molecular weight excluding hydrogens is 680 g/mol. The fourth-order valence-corrected chi connectivity index (χ4v) is 9.15. The molecular formula is C38H46ClF2N5O5. The number of benzene rings is 2. The molecule has 2 unspecified atom stereocenters. The van der Waals surface area contributed by atoms with Gasteiger partial charge < -0.3 is 23.8 Å². The predicted octanol–water partition coefficient (Wildman–Crippen LogP) is 7.49. The van der Waals surface area contributed by atoms with Crippen LogP contribution in [0.25, 0.3) is 22.0 Å². The van der Waals surface area contributed by atoms with Crippen molar-refractivity contribution >= 4 is 34.4 Å². The minimum atomic E-state index is -0.908. The number of hydrogen-bond donors (Lipinski definition) is 0. The third-order valence-corrected chi connectivity index (χ3v) is 11.4. The van der Waals surface area contributed by atoms with Crippen molar-refractivity contribution in [3.8, 4) is 22.9 Å². The van der Waals surface area contributed by atoms with Gasteiger partial charge in [-0.3, -0.25) is 9.80 Å². The highest BCUT2D eigenvalue weighted by atomic mass is 35.5. The lowest BCUT2D eigenvalue weighted by Crippen LogP contribution is -2.57. The summed E-state index contributed by atoms with van der Waals surface area (Å²) in [4.78, 5) is 29.0. The zero-order valence-corrected chi connectivity index (χ0v) is 30.5. The monoisotopic (exact) mass is 725 g/mol. The number of anilines is 1. The molecule has 1 aliphatic carbocycles. The highest BCUT2D eigenvalue weighted by Gasteiger charge is 2.50. The predicted molar refractivity (Wildman–Crippen MR) is 190 cm³/mol. The third kappa shape index (κ3) is 6.56. The van der Waals surface area contributed by atoms with Crippen molar-refractivity contribution in [3.05, 3.63) is 40.7 Å². The van der Waals surface area contributed by atoms with E-state index in [9.17, 15) is 9.18 Å². The Hall–Kier alpha value is -3.48. The van der Waals surface area contributed by atoms with Crippen LogP contribution in [-0.2, 0) is 9.47 Å². The molecule has 4 atom stereocenters. The van der Waals surface area contributed by atoms with Crippen molar-refractivity contribution < 1.29 is 32.5 Å². The Kier molecular flexibility index (Phi) is 8.94. The number of amides is 1. The summed E-state index contributed by atoms with van der Waals surface area (Å²) in [7, 11) is 1.54. The zero-order chi connectivity index (χ0) is 35.7. The lowest BCUT2D eigenvalue weighted by atomic mass is 9.94. The van der Waals surface area contributed by atoms with Gasteiger partial charge in [0.25, 0.3) is 0 Å². The summed E-state index contributed by atoms with van der Waals surface area (Å²) in [6, 6.07) is 7.09. The van der Waals surface area contributed by atoms with Crippen LogP contribution in [0.5, 0.6) is 11.8 Å². The number of alkyl halides is 1. The standard InChI is InChI=1S/C38H46ClF2N5O5/c1-37(2,3)51-36(47)46-24-8-9-25(46)19-44(18-24)34-28-11-10-27(29-14-26(50-21-48-4)15-30(39)31(29)22-6-7-22)32(41)33(28)42-35(43-34)49-20-38-12-5-13-45(38)17-23(40)16-38/h10-11,14-15,22-25H,5-9,12-13,16-21H2,1-4H3/t23-,24?,25?,38+/m1/s1. The Morgan fingerprint density at radius 2 is 1.80 bits per heavy atom. The van der Waals surface area contributed by atoms with Crippen molar-refractivity contribution in [2.75, 3.05) is 51.6 Å². The first-order valence-corrected chi connectivity index (χ1v) is 18.5. The summed E-state index contributed by atoms with van der Waals surface area (Å²) in [6.07, 6.45) is 4.59. The second-order valence-corrected chi connectivity index (χ2v) is 16.3. The lowest BCUT2D eigenvalue weighted by molar-refractivity contribution is 0.0122. The fraction of sp³-hybridized carbons (Fsp3) is 0.605. The largest absolute Gasteiger partial charge is 0.467 e. The fourth-order valence-electron chi connectivity index (χ4n) is 8.79. The highest BCUT2D eigenvalue weighted by Crippen LogP contribution is 2.50. The molecule has 51 heavy (non-hydrogen) atoms. The van der Waals surface area contributed by atoms with E-state index < -0.39 is 23.1 Å². The van der Waals surface area contributed by atoms with Crippen LogP contribution in [0.15, 0.2) is 24.3 Å². The van der Waals surface area contributed by atoms with Crippen LogP contribution in [-0.4, -0.2) is 102 Å². The molecule has 1 aromatic heterocycles. The minimum Gasteiger partial charge on any atom is -0.467 e. The van der Waals surface area contributed by atoms with Crippen LogP contribution in [0.3, 0.4) is 0 Å². The summed E-state index contributed by atoms with van der Waals surface area (Å²) in [5, 5.41) is 1.07. The normalized spacial score (nSPS) is 26.2. The molecule has 5 aliphatic rings. The summed E-state index contributed by atoms with van der Waals surface area (Å²) >= 11 is 6.82. The summed E-state index contributed by atoms with van der Waals surface area (Å²) in [5.41, 5.74) is 1.01. The number of hydrogen-bond acceptors (Lipinski definition) is 9. The molecule has 13 heteroatoms. The Bertz CT molecular complexity index is 1820. The molecule has 274 valence electrons. The van der Waals surface area contributed by atoms with Crippen molar-refractivity contribution in [1.29, 1.82) is 0 Å². The molecule has 0 radical (unpaired) electrons. The number of aromatic nitrogens is 2. The zero-order valence-electron chi connectivity index (χ0n) is 29.7. The van der Waals surface area contributed by atoms with Gasteiger partial charge in [0.1, 0.15) is 35.5 Å². The van der Waals surface area contributed by atoms with E-state index in [0.29, 0.717) is 59.2 Å². The van der Waals surface area contributed by atoms with Crippen LogP contribution in [0, 0.1) is 5.82 Å². The average molecular weight is 726 g/mol. The van der Waals surface area contributed by atoms with Crippen LogP contribution in [0.1, 0.15) is 77.2 Å². The number of methoxy groups -OCH3 is 1. The second kappa shape index (κ2) is 13.2. The van der Waals surface area contributed by atoms with Crippen LogP contribution in [0.2, 0.25) is 5.02 Å². The number of ether oxygens (including phenoxy) is 4. The van der Waals surface area contributed by atoms with E-state index in [1.807, 2.05) is 37.8 Å². The molecule has 3 aromatic rings. The van der Waals surface area contributed by atoms with Gasteiger partial charge in [0.2, 0.25) is 0 Å². The topological polar surface area (TPSA) is 89.5 Å². The molecule has 10 nitrogen and oxygen atoms in total. The van der Waals surface area contributed by atoms with E-state index in [2.05, 4.69) is 9.80 Å². The molecule has 4 aliphatic heterocycles. The third-order valence-electron chi connectivity index (χ3n) is 11.1. The molecule has 4 saturated heterocycles. The van der Waals surface area contributed by atoms with Gasteiger partial charge in [-0.1, -0.05) is 17.7 Å². The molecule has 5 heterocycles. The first-order chi connectivity index (χ1) is 24.4. The van der Waals surface area contributed by atoms with Gasteiger partial charge in [-0.2, -0.15) is 9.97 Å². The summed E-state index contributed by atoms with van der Waals surface area (Å²) in [6.45, 7) is 8.10. The first kappa shape index (κ1) is 34.6. The van der Waals surface area contributed by atoms with Gasteiger partial charge in [-0.05, 0) is 101 Å². The Labute approximate surface area is 302 Å². The molecule has 0 spiro atoms. The smallest absolute Gasteiger partial charge is 0.410 e. The van der Waals surface area contributed by atoms with Gasteiger partial charge in [-0.15, -0.1) is 0 Å². The molecule has 1 amide bonds. The Balaban J connectivity index is 1.19. The molecule has 2 aromatic carbocycles. The quantitative estimate of drug-likeness (QED) is 0.208. The molecule has 8 rings (SSSR count). The van der Waals surface area contributed by atoms with Gasteiger partial charge in [0.15, 0.2) is 12.6 Å². The molecule has 2 bridgehead atoms. The molecule has 5 fully saturated rings. The Morgan fingerprint density at radius 1 is 1.04 bits per heavy atom. The van der Waals surface area contributed by atoms with Crippen molar-refractivity contribution in [1.82, 2.24) is 19.8 Å². The minimum absolute atomic E-state index is 0.0290. The molecule has 1 saturated carbocycles. The van der Waals surface area contributed by atoms with Crippen LogP contribution >= 0.6 is 11.6 Å². The first-order valence-electron chi connectivity index (χ1n) is 18.2. The number of carbonyl (C=O) groups is 1. The number of piperazine rings is 1. The second-order valence-electron chi connectivity index (χ2n) is 15.9. The van der Waals surface area contributed by atoms with Gasteiger partial charge in [-0.25, -0.2) is 13.6 Å². The van der Waals surface area contributed by atoms with E-state index in [4.69, 9.17) is 40.5 Å². The average Bonchev–Trinajstić information content (AvgIpc) is 3.68. The van der Waals surface area contributed by atoms with E-state index >= 15 is 4.39 Å². The summed E-state index contributed by atoms with van der Waals surface area (Å²) < 4.78 is 54.8. The number of rotatable bonds is 9. The van der Waals surface area contributed by atoms with Gasteiger partial charge in [0.05, 0.1) is 17.6 Å². The van der Waals surface area contributed by atoms with E-state index in [1.165, 1.54) is 7.11 Å². The van der Waals surface area contributed by atoms with Crippen molar-refractivity contribution in [2.24, 2.45) is 0 Å². The van der Waals surface area contributed by atoms with E-state index in [1.54, 1.807) is 12.1 Å². The maximum absolute atomic E-state index is 17.2. The summed E-state index contributed by atoms with van der Waals surface area (Å²) in [5.74, 6) is 0.752. The lowest BCUT2D eigenvalue weighted by Gasteiger charge is -2.42. The van der Waals surface area contributed by atoms with Crippen molar-refractivity contribution in [2.45, 2.75) is 101 Å². The highest BCUT2D eigenvalue weighted by molar-refractivity contribution is 6.32. The SMILES string of the molecule is COCOc1cc(Cl)c(C2CC2)c(-c2ccc3c(N4CC5CCC(C4)N5C(=O)OC(C)(C)C)nc(OC[C@@]45CCCN4C[C@H](F)C5)nc3c2F)c1. The van der Waals surface area contributed by atoms with Gasteiger partial charge >= 0.3 is 12.1 Å². The number of halogens is 3. The van der Waals surface area contributed by atoms with E-state index in [-0.39, 0.29) is 49.0 Å². The number of nitrogens with zero attached hydrogens (tertiary/aromatic N) is 5. The van der Waals surface area contributed by atoms with Crippen molar-refractivity contribution in [3.63, 3.8) is 0 Å². The van der Waals surface area contributed by atoms with Gasteiger partial charge in [0, 0.05) is 49.1 Å². The van der Waals surface area contributed by atoms with Crippen LogP contribution in [0.4, 0.5) is 19.4 Å².